The summed E-state index contributed by atoms with van der Waals surface area (Å²) in [7, 11) is 8.05. The quantitative estimate of drug-likeness (QED) is 0.0792. The van der Waals surface area contributed by atoms with Gasteiger partial charge in [0, 0.05) is 34.2 Å². The number of rotatable bonds is 20. The Kier molecular flexibility index (Phi) is 13.2. The molecular formula is C43H49N3O8. The Labute approximate surface area is 316 Å². The van der Waals surface area contributed by atoms with Crippen molar-refractivity contribution >= 4 is 6.20 Å². The summed E-state index contributed by atoms with van der Waals surface area (Å²) < 4.78 is 45.7. The molecule has 0 saturated carbocycles. The third-order valence-electron chi connectivity index (χ3n) is 9.33. The fourth-order valence-corrected chi connectivity index (χ4v) is 6.39. The van der Waals surface area contributed by atoms with E-state index in [-0.39, 0.29) is 6.17 Å². The topological polar surface area (TPSA) is 115 Å². The summed E-state index contributed by atoms with van der Waals surface area (Å²) >= 11 is 0. The van der Waals surface area contributed by atoms with Crippen molar-refractivity contribution in [2.45, 2.75) is 51.1 Å². The van der Waals surface area contributed by atoms with E-state index in [2.05, 4.69) is 10.5 Å². The van der Waals surface area contributed by atoms with Crippen LogP contribution in [0.5, 0.6) is 40.2 Å². The minimum absolute atomic E-state index is 0.161. The zero-order valence-corrected chi connectivity index (χ0v) is 31.7. The number of hydrogen-bond donors (Lipinski definition) is 1. The van der Waals surface area contributed by atoms with Crippen molar-refractivity contribution in [2.24, 2.45) is 4.99 Å². The molecule has 284 valence electrons. The predicted octanol–water partition coefficient (Wildman–Crippen LogP) is 7.90. The smallest absolute Gasteiger partial charge is 0.203 e. The molecule has 1 aromatic heterocycles. The molecule has 2 heterocycles. The van der Waals surface area contributed by atoms with Crippen molar-refractivity contribution in [1.29, 1.82) is 0 Å². The largest absolute Gasteiger partial charge is 0.493 e. The summed E-state index contributed by atoms with van der Waals surface area (Å²) in [4.78, 5) is 4.84. The van der Waals surface area contributed by atoms with Gasteiger partial charge in [0.2, 0.25) is 5.75 Å². The van der Waals surface area contributed by atoms with Crippen LogP contribution in [-0.4, -0.2) is 53.9 Å². The number of hydrogen-bond acceptors (Lipinski definition) is 11. The highest BCUT2D eigenvalue weighted by atomic mass is 16.5. The molecule has 0 bridgehead atoms. The van der Waals surface area contributed by atoms with Gasteiger partial charge in [0.05, 0.1) is 54.1 Å². The number of ether oxygens (including phenoxy) is 7. The van der Waals surface area contributed by atoms with E-state index in [1.165, 1.54) is 6.42 Å². The molecule has 1 atom stereocenters. The van der Waals surface area contributed by atoms with Crippen LogP contribution in [0.3, 0.4) is 0 Å². The number of para-hydroxylation sites is 1. The monoisotopic (exact) mass is 735 g/mol. The SMILES string of the molecule is COc1cc(C2N=c3ccccc3=CN2)ccc1OCCCCCCCCCOc1cc(-c2cc(-c3cc(OC)c(OC)c(OC)c3)no2)ccc1OC. The minimum Gasteiger partial charge on any atom is -0.493 e. The van der Waals surface area contributed by atoms with Gasteiger partial charge in [-0.2, -0.15) is 0 Å². The first-order chi connectivity index (χ1) is 26.5. The minimum atomic E-state index is -0.161. The van der Waals surface area contributed by atoms with Gasteiger partial charge < -0.3 is 43.0 Å². The van der Waals surface area contributed by atoms with Gasteiger partial charge in [-0.3, -0.25) is 4.99 Å². The maximum absolute atomic E-state index is 6.17. The fraction of sp³-hybridized carbons (Fsp3) is 0.349. The lowest BCUT2D eigenvalue weighted by Crippen LogP contribution is -2.34. The van der Waals surface area contributed by atoms with E-state index in [4.69, 9.17) is 42.7 Å². The van der Waals surface area contributed by atoms with Crippen molar-refractivity contribution in [3.05, 3.63) is 95.0 Å². The summed E-state index contributed by atoms with van der Waals surface area (Å²) in [6.07, 6.45) is 9.49. The summed E-state index contributed by atoms with van der Waals surface area (Å²) in [5.74, 6) is 5.00. The summed E-state index contributed by atoms with van der Waals surface area (Å²) in [6.45, 7) is 1.25. The Balaban J connectivity index is 0.903. The normalized spacial score (nSPS) is 13.1. The molecule has 5 aromatic rings. The molecule has 4 aromatic carbocycles. The van der Waals surface area contributed by atoms with E-state index >= 15 is 0 Å². The maximum atomic E-state index is 6.17. The standard InChI is InChI=1S/C43H49N3O8/c1-47-35-19-17-29(37-27-34(46-54-37)32-25-40(49-3)42(51-5)41(26-32)50-4)23-39(35)53-22-14-10-8-6-7-9-13-21-52-36-20-18-30(24-38(36)48-2)43-44-28-31-15-11-12-16-33(31)45-43/h11-12,15-20,23-28,43-44H,6-10,13-14,21-22H2,1-5H3. The Bertz CT molecular complexity index is 2090. The average Bonchev–Trinajstić information content (AvgIpc) is 3.72. The molecule has 54 heavy (non-hydrogen) atoms. The number of fused-ring (bicyclic) bond motifs is 1. The van der Waals surface area contributed by atoms with Crippen molar-refractivity contribution in [3.63, 3.8) is 0 Å². The third kappa shape index (κ3) is 9.20. The number of aromatic nitrogens is 1. The highest BCUT2D eigenvalue weighted by Crippen LogP contribution is 2.42. The van der Waals surface area contributed by atoms with Crippen LogP contribution in [0.15, 0.2) is 88.4 Å². The summed E-state index contributed by atoms with van der Waals surface area (Å²) in [5, 5.41) is 9.73. The van der Waals surface area contributed by atoms with Gasteiger partial charge >= 0.3 is 0 Å². The van der Waals surface area contributed by atoms with Crippen LogP contribution < -0.4 is 49.1 Å². The molecule has 11 nitrogen and oxygen atoms in total. The fourth-order valence-electron chi connectivity index (χ4n) is 6.39. The molecule has 6 rings (SSSR count). The van der Waals surface area contributed by atoms with E-state index < -0.39 is 0 Å². The van der Waals surface area contributed by atoms with Crippen molar-refractivity contribution < 1.29 is 37.7 Å². The van der Waals surface area contributed by atoms with Crippen LogP contribution in [0, 0.1) is 0 Å². The Morgan fingerprint density at radius 3 is 1.89 bits per heavy atom. The molecule has 1 aliphatic heterocycles. The predicted molar refractivity (Wildman–Crippen MR) is 207 cm³/mol. The molecule has 11 heteroatoms. The van der Waals surface area contributed by atoms with Crippen LogP contribution in [0.4, 0.5) is 0 Å². The van der Waals surface area contributed by atoms with Crippen LogP contribution >= 0.6 is 0 Å². The van der Waals surface area contributed by atoms with Gasteiger partial charge in [-0.15, -0.1) is 0 Å². The molecule has 0 fully saturated rings. The second-order valence-corrected chi connectivity index (χ2v) is 12.8. The van der Waals surface area contributed by atoms with Gasteiger partial charge in [-0.05, 0) is 61.4 Å². The van der Waals surface area contributed by atoms with Crippen LogP contribution in [0.2, 0.25) is 0 Å². The van der Waals surface area contributed by atoms with Crippen molar-refractivity contribution in [1.82, 2.24) is 10.5 Å². The lowest BCUT2D eigenvalue weighted by molar-refractivity contribution is 0.281. The lowest BCUT2D eigenvalue weighted by Gasteiger charge is -2.18. The first-order valence-electron chi connectivity index (χ1n) is 18.3. The van der Waals surface area contributed by atoms with E-state index in [0.29, 0.717) is 53.4 Å². The molecular weight excluding hydrogens is 686 g/mol. The number of methoxy groups -OCH3 is 5. The van der Waals surface area contributed by atoms with E-state index in [1.807, 2.05) is 85.1 Å². The highest BCUT2D eigenvalue weighted by molar-refractivity contribution is 5.72. The maximum Gasteiger partial charge on any atom is 0.203 e. The van der Waals surface area contributed by atoms with Crippen LogP contribution in [-0.2, 0) is 0 Å². The van der Waals surface area contributed by atoms with Gasteiger partial charge in [0.15, 0.2) is 40.3 Å². The molecule has 0 amide bonds. The van der Waals surface area contributed by atoms with E-state index in [0.717, 1.165) is 77.3 Å². The molecule has 0 spiro atoms. The zero-order chi connectivity index (χ0) is 37.7. The van der Waals surface area contributed by atoms with E-state index in [1.54, 1.807) is 35.5 Å². The molecule has 1 unspecified atom stereocenters. The number of benzene rings is 4. The first kappa shape index (κ1) is 37.9. The Hall–Kier alpha value is -5.84. The second-order valence-electron chi connectivity index (χ2n) is 12.8. The molecule has 0 radical (unpaired) electrons. The van der Waals surface area contributed by atoms with E-state index in [9.17, 15) is 0 Å². The highest BCUT2D eigenvalue weighted by Gasteiger charge is 2.18. The molecule has 1 N–H and O–H groups in total. The molecule has 1 aliphatic rings. The Morgan fingerprint density at radius 1 is 0.574 bits per heavy atom. The number of unbranched alkanes of at least 4 members (excludes halogenated alkanes) is 6. The Morgan fingerprint density at radius 2 is 1.20 bits per heavy atom. The van der Waals surface area contributed by atoms with Crippen molar-refractivity contribution in [3.8, 4) is 62.8 Å². The lowest BCUT2D eigenvalue weighted by atomic mass is 10.1. The molecule has 0 saturated heterocycles. The van der Waals surface area contributed by atoms with Gasteiger partial charge in [0.1, 0.15) is 11.9 Å². The molecule has 0 aliphatic carbocycles. The first-order valence-corrected chi connectivity index (χ1v) is 18.3. The summed E-state index contributed by atoms with van der Waals surface area (Å²) in [5.41, 5.74) is 3.26. The van der Waals surface area contributed by atoms with Crippen molar-refractivity contribution in [2.75, 3.05) is 48.8 Å². The summed E-state index contributed by atoms with van der Waals surface area (Å²) in [6, 6.07) is 25.4. The zero-order valence-electron chi connectivity index (χ0n) is 31.7. The second kappa shape index (κ2) is 18.8. The van der Waals surface area contributed by atoms with Gasteiger partial charge in [0.25, 0.3) is 0 Å². The third-order valence-corrected chi connectivity index (χ3v) is 9.33. The number of nitrogens with one attached hydrogen (secondary N) is 1. The van der Waals surface area contributed by atoms with Gasteiger partial charge in [-0.25, -0.2) is 0 Å². The van der Waals surface area contributed by atoms with Crippen LogP contribution in [0.25, 0.3) is 28.8 Å². The van der Waals surface area contributed by atoms with Gasteiger partial charge in [-0.1, -0.05) is 61.5 Å². The average molecular weight is 736 g/mol. The van der Waals surface area contributed by atoms with Crippen LogP contribution in [0.1, 0.15) is 56.7 Å². The number of nitrogens with zero attached hydrogens (tertiary/aromatic N) is 2.